The first-order valence-electron chi connectivity index (χ1n) is 6.17. The molecule has 1 aromatic carbocycles. The molecule has 20 heavy (non-hydrogen) atoms. The lowest BCUT2D eigenvalue weighted by atomic mass is 10.2. The fraction of sp³-hybridized carbons (Fsp3) is 0.200. The molecule has 0 atom stereocenters. The molecule has 0 bridgehead atoms. The Morgan fingerprint density at radius 1 is 1.40 bits per heavy atom. The molecule has 2 aromatic rings. The van der Waals surface area contributed by atoms with E-state index >= 15 is 0 Å². The van der Waals surface area contributed by atoms with Crippen molar-refractivity contribution in [3.05, 3.63) is 51.2 Å². The van der Waals surface area contributed by atoms with Gasteiger partial charge in [-0.15, -0.1) is 11.3 Å². The van der Waals surface area contributed by atoms with Gasteiger partial charge in [0, 0.05) is 5.02 Å². The van der Waals surface area contributed by atoms with Crippen molar-refractivity contribution in [2.24, 2.45) is 4.99 Å². The number of hydrogen-bond acceptors (Lipinski definition) is 4. The molecule has 0 aliphatic heterocycles. The summed E-state index contributed by atoms with van der Waals surface area (Å²) in [5.74, 6) is -0.424. The van der Waals surface area contributed by atoms with E-state index in [0.29, 0.717) is 23.0 Å². The van der Waals surface area contributed by atoms with Gasteiger partial charge >= 0.3 is 5.97 Å². The topological polar surface area (TPSA) is 38.7 Å². The van der Waals surface area contributed by atoms with Gasteiger partial charge in [-0.25, -0.2) is 9.79 Å². The van der Waals surface area contributed by atoms with Gasteiger partial charge in [-0.2, -0.15) is 0 Å². The second kappa shape index (κ2) is 6.68. The predicted molar refractivity (Wildman–Crippen MR) is 83.3 cm³/mol. The summed E-state index contributed by atoms with van der Waals surface area (Å²) in [6, 6.07) is 9.16. The smallest absolute Gasteiger partial charge is 0.358 e. The zero-order chi connectivity index (χ0) is 14.5. The second-order valence-electron chi connectivity index (χ2n) is 4.09. The van der Waals surface area contributed by atoms with E-state index in [1.54, 1.807) is 13.0 Å². The predicted octanol–water partition coefficient (Wildman–Crippen LogP) is 4.39. The van der Waals surface area contributed by atoms with Crippen molar-refractivity contribution in [1.29, 1.82) is 0 Å². The average Bonchev–Trinajstić information content (AvgIpc) is 2.94. The Balaban J connectivity index is 2.42. The molecule has 0 N–H and O–H groups in total. The van der Waals surface area contributed by atoms with Crippen LogP contribution in [-0.4, -0.2) is 18.3 Å². The minimum absolute atomic E-state index is 0.307. The standard InChI is InChI=1S/C15H14ClNO2S/c1-3-19-15(18)14(13-5-4-8-20-13)17-11-7-6-10(2)12(16)9-11/h4-9H,3H2,1-2H3. The number of hydrogen-bond donors (Lipinski definition) is 0. The highest BCUT2D eigenvalue weighted by molar-refractivity contribution is 7.13. The third kappa shape index (κ3) is 3.46. The van der Waals surface area contributed by atoms with Gasteiger partial charge in [0.05, 0.1) is 17.2 Å². The first-order chi connectivity index (χ1) is 9.61. The highest BCUT2D eigenvalue weighted by Gasteiger charge is 2.16. The molecule has 1 heterocycles. The van der Waals surface area contributed by atoms with E-state index < -0.39 is 5.97 Å². The molecule has 0 aliphatic carbocycles. The van der Waals surface area contributed by atoms with Crippen LogP contribution in [0.25, 0.3) is 0 Å². The van der Waals surface area contributed by atoms with Crippen LogP contribution in [0.2, 0.25) is 5.02 Å². The number of thiophene rings is 1. The van der Waals surface area contributed by atoms with Crippen molar-refractivity contribution in [2.75, 3.05) is 6.61 Å². The monoisotopic (exact) mass is 307 g/mol. The Bertz CT molecular complexity index is 635. The molecule has 1 aromatic heterocycles. The molecular formula is C15H14ClNO2S. The number of ether oxygens (including phenoxy) is 1. The Morgan fingerprint density at radius 2 is 2.20 bits per heavy atom. The molecular weight excluding hydrogens is 294 g/mol. The van der Waals surface area contributed by atoms with Crippen LogP contribution in [0.15, 0.2) is 40.7 Å². The number of carbonyl (C=O) groups excluding carboxylic acids is 1. The third-order valence-electron chi connectivity index (χ3n) is 2.62. The lowest BCUT2D eigenvalue weighted by molar-refractivity contribution is -0.134. The first kappa shape index (κ1) is 14.8. The molecule has 0 saturated carbocycles. The van der Waals surface area contributed by atoms with E-state index in [9.17, 15) is 4.79 Å². The van der Waals surface area contributed by atoms with Crippen molar-refractivity contribution in [3.8, 4) is 0 Å². The Kier molecular flexibility index (Phi) is 4.93. The Hall–Kier alpha value is -1.65. The summed E-state index contributed by atoms with van der Waals surface area (Å²) in [6.45, 7) is 4.01. The first-order valence-corrected chi connectivity index (χ1v) is 7.43. The molecule has 2 rings (SSSR count). The van der Waals surface area contributed by atoms with Crippen molar-refractivity contribution < 1.29 is 9.53 Å². The fourth-order valence-corrected chi connectivity index (χ4v) is 2.47. The van der Waals surface area contributed by atoms with Crippen LogP contribution in [0.4, 0.5) is 5.69 Å². The van der Waals surface area contributed by atoms with Gasteiger partial charge in [-0.1, -0.05) is 23.7 Å². The summed E-state index contributed by atoms with van der Waals surface area (Å²) in [4.78, 5) is 17.2. The average molecular weight is 308 g/mol. The maximum atomic E-state index is 12.0. The Labute approximate surface area is 126 Å². The van der Waals surface area contributed by atoms with E-state index in [-0.39, 0.29) is 0 Å². The third-order valence-corrected chi connectivity index (χ3v) is 3.90. The summed E-state index contributed by atoms with van der Waals surface area (Å²) in [6.07, 6.45) is 0. The van der Waals surface area contributed by atoms with Gasteiger partial charge in [0.25, 0.3) is 0 Å². The van der Waals surface area contributed by atoms with Gasteiger partial charge < -0.3 is 4.74 Å². The van der Waals surface area contributed by atoms with Gasteiger partial charge in [-0.05, 0) is 43.0 Å². The SMILES string of the molecule is CCOC(=O)C(=Nc1ccc(C)c(Cl)c1)c1cccs1. The molecule has 0 saturated heterocycles. The van der Waals surface area contributed by atoms with Gasteiger partial charge in [0.2, 0.25) is 0 Å². The lowest BCUT2D eigenvalue weighted by Gasteiger charge is -2.05. The Morgan fingerprint density at radius 3 is 2.80 bits per heavy atom. The highest BCUT2D eigenvalue weighted by atomic mass is 35.5. The molecule has 3 nitrogen and oxygen atoms in total. The number of benzene rings is 1. The molecule has 0 amide bonds. The largest absolute Gasteiger partial charge is 0.461 e. The quantitative estimate of drug-likeness (QED) is 0.620. The number of aryl methyl sites for hydroxylation is 1. The van der Waals surface area contributed by atoms with Crippen molar-refractivity contribution >= 4 is 40.3 Å². The van der Waals surface area contributed by atoms with Crippen LogP contribution < -0.4 is 0 Å². The summed E-state index contributed by atoms with van der Waals surface area (Å²) in [5.41, 5.74) is 1.92. The van der Waals surface area contributed by atoms with Crippen LogP contribution in [0, 0.1) is 6.92 Å². The van der Waals surface area contributed by atoms with Crippen LogP contribution in [-0.2, 0) is 9.53 Å². The van der Waals surface area contributed by atoms with Gasteiger partial charge in [0.1, 0.15) is 0 Å². The normalized spacial score (nSPS) is 11.4. The van der Waals surface area contributed by atoms with E-state index in [1.807, 2.05) is 36.6 Å². The highest BCUT2D eigenvalue weighted by Crippen LogP contribution is 2.24. The molecule has 0 unspecified atom stereocenters. The number of esters is 1. The van der Waals surface area contributed by atoms with Crippen LogP contribution in [0.3, 0.4) is 0 Å². The van der Waals surface area contributed by atoms with E-state index in [0.717, 1.165) is 10.4 Å². The van der Waals surface area contributed by atoms with Crippen LogP contribution in [0.5, 0.6) is 0 Å². The minimum Gasteiger partial charge on any atom is -0.461 e. The van der Waals surface area contributed by atoms with Crippen molar-refractivity contribution in [1.82, 2.24) is 0 Å². The van der Waals surface area contributed by atoms with Gasteiger partial charge in [0.15, 0.2) is 5.71 Å². The van der Waals surface area contributed by atoms with E-state index in [1.165, 1.54) is 11.3 Å². The van der Waals surface area contributed by atoms with Crippen LogP contribution >= 0.6 is 22.9 Å². The van der Waals surface area contributed by atoms with E-state index in [2.05, 4.69) is 4.99 Å². The summed E-state index contributed by atoms with van der Waals surface area (Å²) >= 11 is 7.53. The molecule has 0 spiro atoms. The number of halogens is 1. The molecule has 104 valence electrons. The number of nitrogens with zero attached hydrogens (tertiary/aromatic N) is 1. The maximum Gasteiger partial charge on any atom is 0.358 e. The second-order valence-corrected chi connectivity index (χ2v) is 5.45. The fourth-order valence-electron chi connectivity index (χ4n) is 1.59. The van der Waals surface area contributed by atoms with Crippen molar-refractivity contribution in [3.63, 3.8) is 0 Å². The van der Waals surface area contributed by atoms with E-state index in [4.69, 9.17) is 16.3 Å². The summed E-state index contributed by atoms with van der Waals surface area (Å²) < 4.78 is 5.06. The van der Waals surface area contributed by atoms with Crippen molar-refractivity contribution in [2.45, 2.75) is 13.8 Å². The summed E-state index contributed by atoms with van der Waals surface area (Å²) in [7, 11) is 0. The summed E-state index contributed by atoms with van der Waals surface area (Å²) in [5, 5.41) is 2.52. The number of carbonyl (C=O) groups is 1. The minimum atomic E-state index is -0.424. The van der Waals surface area contributed by atoms with Crippen LogP contribution in [0.1, 0.15) is 17.4 Å². The molecule has 5 heteroatoms. The molecule has 0 radical (unpaired) electrons. The maximum absolute atomic E-state index is 12.0. The molecule has 0 aliphatic rings. The lowest BCUT2D eigenvalue weighted by Crippen LogP contribution is -2.17. The number of rotatable bonds is 4. The zero-order valence-electron chi connectivity index (χ0n) is 11.2. The zero-order valence-corrected chi connectivity index (χ0v) is 12.8. The van der Waals surface area contributed by atoms with Gasteiger partial charge in [-0.3, -0.25) is 0 Å². The number of aliphatic imine (C=N–C) groups is 1. The molecule has 0 fully saturated rings.